The summed E-state index contributed by atoms with van der Waals surface area (Å²) < 4.78 is 36.8. The van der Waals surface area contributed by atoms with Crippen molar-refractivity contribution in [2.45, 2.75) is 57.9 Å². The molecule has 0 aromatic rings. The molecule has 0 heterocycles. The summed E-state index contributed by atoms with van der Waals surface area (Å²) in [5.74, 6) is 1.99. The smallest absolute Gasteiger partial charge is 0.317 e. The van der Waals surface area contributed by atoms with Crippen molar-refractivity contribution in [1.29, 1.82) is 0 Å². The van der Waals surface area contributed by atoms with Crippen molar-refractivity contribution in [3.8, 4) is 0 Å². The predicted molar refractivity (Wildman–Crippen MR) is 80.9 cm³/mol. The summed E-state index contributed by atoms with van der Waals surface area (Å²) in [4.78, 5) is 0. The van der Waals surface area contributed by atoms with Crippen LogP contribution in [0.15, 0.2) is 0 Å². The summed E-state index contributed by atoms with van der Waals surface area (Å²) in [5.41, 5.74) is -4.07. The van der Waals surface area contributed by atoms with Crippen molar-refractivity contribution in [1.82, 2.24) is 5.32 Å². The molecule has 0 aromatic carbocycles. The molecule has 120 valence electrons. The molecule has 1 N–H and O–H groups in total. The van der Waals surface area contributed by atoms with Crippen LogP contribution in [0.5, 0.6) is 0 Å². The van der Waals surface area contributed by atoms with Gasteiger partial charge in [-0.2, -0.15) is 13.2 Å². The quantitative estimate of drug-likeness (QED) is 0.671. The van der Waals surface area contributed by atoms with Gasteiger partial charge in [0, 0.05) is 5.75 Å². The summed E-state index contributed by atoms with van der Waals surface area (Å²) in [6, 6.07) is 0. The van der Waals surface area contributed by atoms with Crippen LogP contribution in [-0.4, -0.2) is 24.4 Å². The fraction of sp³-hybridized carbons (Fsp3) is 1.00. The van der Waals surface area contributed by atoms with Crippen LogP contribution in [0.4, 0.5) is 13.2 Å². The summed E-state index contributed by atoms with van der Waals surface area (Å²) in [7, 11) is 0. The van der Waals surface area contributed by atoms with Gasteiger partial charge in [0.1, 0.15) is 0 Å². The van der Waals surface area contributed by atoms with Gasteiger partial charge in [0.15, 0.2) is 0 Å². The lowest BCUT2D eigenvalue weighted by atomic mass is 9.71. The fourth-order valence-electron chi connectivity index (χ4n) is 3.37. The second-order valence-corrected chi connectivity index (χ2v) is 7.04. The molecule has 1 aliphatic rings. The molecule has 20 heavy (non-hydrogen) atoms. The first-order valence-electron chi connectivity index (χ1n) is 7.87. The molecule has 5 heteroatoms. The highest BCUT2D eigenvalue weighted by atomic mass is 32.2. The maximum atomic E-state index is 12.3. The van der Waals surface area contributed by atoms with E-state index in [1.54, 1.807) is 0 Å². The third-order valence-corrected chi connectivity index (χ3v) is 5.12. The molecular weight excluding hydrogens is 283 g/mol. The van der Waals surface area contributed by atoms with Crippen molar-refractivity contribution in [3.05, 3.63) is 0 Å². The van der Waals surface area contributed by atoms with Gasteiger partial charge in [-0.3, -0.25) is 0 Å². The Labute approximate surface area is 125 Å². The molecule has 1 nitrogen and oxygen atoms in total. The van der Waals surface area contributed by atoms with Crippen molar-refractivity contribution >= 4 is 11.8 Å². The van der Waals surface area contributed by atoms with Crippen LogP contribution in [0, 0.1) is 17.8 Å². The Morgan fingerprint density at radius 2 is 1.85 bits per heavy atom. The van der Waals surface area contributed by atoms with Crippen molar-refractivity contribution < 1.29 is 13.2 Å². The van der Waals surface area contributed by atoms with Crippen LogP contribution in [0.25, 0.3) is 0 Å². The SMILES string of the molecule is CCCC1CCC(CNCC)C(CCSC(F)(F)F)C1. The monoisotopic (exact) mass is 311 g/mol. The van der Waals surface area contributed by atoms with E-state index in [0.717, 1.165) is 25.4 Å². The van der Waals surface area contributed by atoms with Gasteiger partial charge in [0.25, 0.3) is 0 Å². The van der Waals surface area contributed by atoms with Gasteiger partial charge >= 0.3 is 5.51 Å². The summed E-state index contributed by atoms with van der Waals surface area (Å²) in [6.07, 6.45) is 6.69. The second kappa shape index (κ2) is 9.19. The minimum absolute atomic E-state index is 0.147. The Kier molecular flexibility index (Phi) is 8.34. The number of halogens is 3. The van der Waals surface area contributed by atoms with Gasteiger partial charge in [-0.05, 0) is 50.1 Å². The molecule has 1 aliphatic carbocycles. The first-order valence-corrected chi connectivity index (χ1v) is 8.86. The van der Waals surface area contributed by atoms with Gasteiger partial charge in [-0.15, -0.1) is 0 Å². The van der Waals surface area contributed by atoms with Gasteiger partial charge in [-0.1, -0.05) is 44.9 Å². The van der Waals surface area contributed by atoms with E-state index in [1.807, 2.05) is 0 Å². The molecule has 0 saturated heterocycles. The van der Waals surface area contributed by atoms with E-state index in [4.69, 9.17) is 0 Å². The molecule has 1 fully saturated rings. The Morgan fingerprint density at radius 1 is 1.10 bits per heavy atom. The van der Waals surface area contributed by atoms with E-state index in [9.17, 15) is 13.2 Å². The molecule has 1 saturated carbocycles. The molecule has 0 spiro atoms. The molecular formula is C15H28F3NS. The highest BCUT2D eigenvalue weighted by Gasteiger charge is 2.32. The van der Waals surface area contributed by atoms with Crippen LogP contribution >= 0.6 is 11.8 Å². The van der Waals surface area contributed by atoms with Crippen LogP contribution in [0.3, 0.4) is 0 Å². The van der Waals surface area contributed by atoms with Crippen LogP contribution in [0.1, 0.15) is 52.4 Å². The molecule has 0 aromatic heterocycles. The zero-order chi connectivity index (χ0) is 15.0. The average Bonchev–Trinajstić information content (AvgIpc) is 2.37. The zero-order valence-corrected chi connectivity index (χ0v) is 13.5. The van der Waals surface area contributed by atoms with Crippen molar-refractivity contribution in [2.75, 3.05) is 18.8 Å². The zero-order valence-electron chi connectivity index (χ0n) is 12.6. The van der Waals surface area contributed by atoms with Crippen LogP contribution < -0.4 is 5.32 Å². The second-order valence-electron chi connectivity index (χ2n) is 5.88. The fourth-order valence-corrected chi connectivity index (χ4v) is 4.02. The normalized spacial score (nSPS) is 27.8. The van der Waals surface area contributed by atoms with E-state index in [-0.39, 0.29) is 17.5 Å². The highest BCUT2D eigenvalue weighted by molar-refractivity contribution is 8.00. The van der Waals surface area contributed by atoms with E-state index < -0.39 is 5.51 Å². The standard InChI is InChI=1S/C15H28F3NS/c1-3-5-12-6-7-14(11-19-4-2)13(10-12)8-9-20-15(16,17)18/h12-14,19H,3-11H2,1-2H3. The Morgan fingerprint density at radius 3 is 2.45 bits per heavy atom. The number of alkyl halides is 3. The Balaban J connectivity index is 2.43. The topological polar surface area (TPSA) is 12.0 Å². The van der Waals surface area contributed by atoms with Crippen molar-refractivity contribution in [3.63, 3.8) is 0 Å². The summed E-state index contributed by atoms with van der Waals surface area (Å²) >= 11 is 0.147. The van der Waals surface area contributed by atoms with E-state index >= 15 is 0 Å². The lowest BCUT2D eigenvalue weighted by Gasteiger charge is -2.36. The Hall–Kier alpha value is 0.100. The third-order valence-electron chi connectivity index (χ3n) is 4.36. The van der Waals surface area contributed by atoms with E-state index in [2.05, 4.69) is 19.2 Å². The lowest BCUT2D eigenvalue weighted by molar-refractivity contribution is -0.0329. The molecule has 0 amide bonds. The Bertz CT molecular complexity index is 258. The number of rotatable bonds is 8. The highest BCUT2D eigenvalue weighted by Crippen LogP contribution is 2.40. The lowest BCUT2D eigenvalue weighted by Crippen LogP contribution is -2.33. The number of thioether (sulfide) groups is 1. The molecule has 0 bridgehead atoms. The number of hydrogen-bond acceptors (Lipinski definition) is 2. The molecule has 3 unspecified atom stereocenters. The van der Waals surface area contributed by atoms with Gasteiger partial charge in [-0.25, -0.2) is 0 Å². The van der Waals surface area contributed by atoms with E-state index in [0.29, 0.717) is 18.3 Å². The van der Waals surface area contributed by atoms with Crippen LogP contribution in [0.2, 0.25) is 0 Å². The molecule has 3 atom stereocenters. The third kappa shape index (κ3) is 7.21. The molecule has 1 rings (SSSR count). The molecule has 0 aliphatic heterocycles. The first kappa shape index (κ1) is 18.1. The maximum Gasteiger partial charge on any atom is 0.441 e. The van der Waals surface area contributed by atoms with Crippen LogP contribution in [-0.2, 0) is 0 Å². The predicted octanol–water partition coefficient (Wildman–Crippen LogP) is 5.07. The van der Waals surface area contributed by atoms with Crippen molar-refractivity contribution in [2.24, 2.45) is 17.8 Å². The number of hydrogen-bond donors (Lipinski definition) is 1. The minimum atomic E-state index is -4.07. The van der Waals surface area contributed by atoms with Gasteiger partial charge in [0.05, 0.1) is 0 Å². The summed E-state index contributed by atoms with van der Waals surface area (Å²) in [6.45, 7) is 6.19. The average molecular weight is 311 g/mol. The van der Waals surface area contributed by atoms with Gasteiger partial charge in [0.2, 0.25) is 0 Å². The minimum Gasteiger partial charge on any atom is -0.317 e. The maximum absolute atomic E-state index is 12.3. The van der Waals surface area contributed by atoms with E-state index in [1.165, 1.54) is 25.7 Å². The van der Waals surface area contributed by atoms with Gasteiger partial charge < -0.3 is 5.32 Å². The molecule has 0 radical (unpaired) electrons. The largest absolute Gasteiger partial charge is 0.441 e. The summed E-state index contributed by atoms with van der Waals surface area (Å²) in [5, 5.41) is 3.37. The first-order chi connectivity index (χ1) is 9.46. The number of nitrogens with one attached hydrogen (secondary N) is 1.